The Kier molecular flexibility index (Phi) is 5.09. The van der Waals surface area contributed by atoms with Gasteiger partial charge in [-0.2, -0.15) is 10.1 Å². The number of hydrogen-bond donors (Lipinski definition) is 2. The standard InChI is InChI=1S/C18H17ClFN5/c1-3-12-6-4-5-11(2)17(12)24-18-23-16(10-21-25-18)22-13-7-8-15(20)14(19)9-13/h4-10H,3H2,1-2H3,(H2,22,23,24,25). The van der Waals surface area contributed by atoms with Gasteiger partial charge >= 0.3 is 0 Å². The van der Waals surface area contributed by atoms with Gasteiger partial charge in [-0.15, -0.1) is 5.10 Å². The van der Waals surface area contributed by atoms with Crippen LogP contribution in [0.3, 0.4) is 0 Å². The average molecular weight is 358 g/mol. The molecule has 0 saturated heterocycles. The highest BCUT2D eigenvalue weighted by molar-refractivity contribution is 6.31. The molecule has 0 amide bonds. The molecule has 0 aliphatic heterocycles. The molecule has 128 valence electrons. The maximum absolute atomic E-state index is 13.2. The molecule has 2 N–H and O–H groups in total. The summed E-state index contributed by atoms with van der Waals surface area (Å²) in [4.78, 5) is 4.40. The molecule has 3 aromatic rings. The van der Waals surface area contributed by atoms with Crippen molar-refractivity contribution in [2.45, 2.75) is 20.3 Å². The van der Waals surface area contributed by atoms with E-state index in [4.69, 9.17) is 11.6 Å². The van der Waals surface area contributed by atoms with Crippen molar-refractivity contribution >= 4 is 34.7 Å². The van der Waals surface area contributed by atoms with Gasteiger partial charge in [-0.05, 0) is 42.7 Å². The van der Waals surface area contributed by atoms with Crippen LogP contribution in [0.5, 0.6) is 0 Å². The number of hydrogen-bond acceptors (Lipinski definition) is 5. The van der Waals surface area contributed by atoms with Gasteiger partial charge < -0.3 is 10.6 Å². The van der Waals surface area contributed by atoms with E-state index in [1.165, 1.54) is 23.9 Å². The lowest BCUT2D eigenvalue weighted by molar-refractivity contribution is 0.628. The summed E-state index contributed by atoms with van der Waals surface area (Å²) in [7, 11) is 0. The highest BCUT2D eigenvalue weighted by Crippen LogP contribution is 2.25. The number of nitrogens with zero attached hydrogens (tertiary/aromatic N) is 3. The zero-order valence-electron chi connectivity index (χ0n) is 13.8. The topological polar surface area (TPSA) is 62.7 Å². The lowest BCUT2D eigenvalue weighted by Crippen LogP contribution is -2.05. The van der Waals surface area contributed by atoms with E-state index in [1.807, 2.05) is 19.1 Å². The molecule has 7 heteroatoms. The lowest BCUT2D eigenvalue weighted by atomic mass is 10.1. The maximum Gasteiger partial charge on any atom is 0.249 e. The first-order chi connectivity index (χ1) is 12.1. The van der Waals surface area contributed by atoms with Crippen molar-refractivity contribution < 1.29 is 4.39 Å². The third-order valence-corrected chi connectivity index (χ3v) is 4.02. The minimum atomic E-state index is -0.470. The number of nitrogens with one attached hydrogen (secondary N) is 2. The van der Waals surface area contributed by atoms with E-state index < -0.39 is 5.82 Å². The van der Waals surface area contributed by atoms with Crippen LogP contribution in [0.1, 0.15) is 18.1 Å². The van der Waals surface area contributed by atoms with Gasteiger partial charge in [-0.25, -0.2) is 4.39 Å². The van der Waals surface area contributed by atoms with Crippen LogP contribution in [0.2, 0.25) is 5.02 Å². The largest absolute Gasteiger partial charge is 0.339 e. The molecule has 0 radical (unpaired) electrons. The maximum atomic E-state index is 13.2. The molecule has 0 aliphatic rings. The molecule has 2 aromatic carbocycles. The van der Waals surface area contributed by atoms with Crippen LogP contribution in [0, 0.1) is 12.7 Å². The summed E-state index contributed by atoms with van der Waals surface area (Å²) >= 11 is 5.79. The SMILES string of the molecule is CCc1cccc(C)c1Nc1nncc(Nc2ccc(F)c(Cl)c2)n1. The van der Waals surface area contributed by atoms with Crippen LogP contribution in [-0.4, -0.2) is 15.2 Å². The van der Waals surface area contributed by atoms with Gasteiger partial charge in [0.1, 0.15) is 5.82 Å². The quantitative estimate of drug-likeness (QED) is 0.671. The monoisotopic (exact) mass is 357 g/mol. The molecular formula is C18H17ClFN5. The van der Waals surface area contributed by atoms with E-state index >= 15 is 0 Å². The smallest absolute Gasteiger partial charge is 0.249 e. The average Bonchev–Trinajstić information content (AvgIpc) is 2.60. The molecule has 1 heterocycles. The highest BCUT2D eigenvalue weighted by atomic mass is 35.5. The van der Waals surface area contributed by atoms with Crippen LogP contribution < -0.4 is 10.6 Å². The van der Waals surface area contributed by atoms with Crippen molar-refractivity contribution in [3.05, 3.63) is 64.6 Å². The summed E-state index contributed by atoms with van der Waals surface area (Å²) in [6.45, 7) is 4.12. The van der Waals surface area contributed by atoms with E-state index in [9.17, 15) is 4.39 Å². The fourth-order valence-corrected chi connectivity index (χ4v) is 2.63. The second-order valence-corrected chi connectivity index (χ2v) is 5.91. The highest BCUT2D eigenvalue weighted by Gasteiger charge is 2.08. The van der Waals surface area contributed by atoms with Crippen LogP contribution in [0.15, 0.2) is 42.6 Å². The zero-order valence-corrected chi connectivity index (χ0v) is 14.6. The normalized spacial score (nSPS) is 10.6. The van der Waals surface area contributed by atoms with Crippen LogP contribution >= 0.6 is 11.6 Å². The Morgan fingerprint density at radius 2 is 2.00 bits per heavy atom. The van der Waals surface area contributed by atoms with Crippen LogP contribution in [0.25, 0.3) is 0 Å². The number of rotatable bonds is 5. The molecule has 0 spiro atoms. The summed E-state index contributed by atoms with van der Waals surface area (Å²) in [6, 6.07) is 10.5. The first kappa shape index (κ1) is 17.1. The molecule has 0 fully saturated rings. The molecular weight excluding hydrogens is 341 g/mol. The molecule has 25 heavy (non-hydrogen) atoms. The van der Waals surface area contributed by atoms with Crippen molar-refractivity contribution in [1.82, 2.24) is 15.2 Å². The number of para-hydroxylation sites is 1. The Bertz CT molecular complexity index is 900. The van der Waals surface area contributed by atoms with Crippen molar-refractivity contribution in [2.75, 3.05) is 10.6 Å². The van der Waals surface area contributed by atoms with E-state index in [2.05, 4.69) is 38.8 Å². The van der Waals surface area contributed by atoms with Gasteiger partial charge in [-0.1, -0.05) is 36.7 Å². The first-order valence-electron chi connectivity index (χ1n) is 7.84. The van der Waals surface area contributed by atoms with E-state index in [-0.39, 0.29) is 5.02 Å². The summed E-state index contributed by atoms with van der Waals surface area (Å²) in [5.74, 6) is 0.385. The lowest BCUT2D eigenvalue weighted by Gasteiger charge is -2.13. The number of anilines is 4. The van der Waals surface area contributed by atoms with Crippen LogP contribution in [-0.2, 0) is 6.42 Å². The van der Waals surface area contributed by atoms with Crippen LogP contribution in [0.4, 0.5) is 27.5 Å². The molecule has 0 unspecified atom stereocenters. The zero-order chi connectivity index (χ0) is 17.8. The summed E-state index contributed by atoms with van der Waals surface area (Å²) in [5.41, 5.74) is 3.87. The van der Waals surface area contributed by atoms with Crippen molar-refractivity contribution in [2.24, 2.45) is 0 Å². The number of halogens is 2. The van der Waals surface area contributed by atoms with E-state index in [0.29, 0.717) is 17.5 Å². The molecule has 0 bridgehead atoms. The number of benzene rings is 2. The number of aryl methyl sites for hydroxylation is 2. The van der Waals surface area contributed by atoms with E-state index in [1.54, 1.807) is 6.07 Å². The summed E-state index contributed by atoms with van der Waals surface area (Å²) in [5, 5.41) is 14.3. The predicted octanol–water partition coefficient (Wildman–Crippen LogP) is 5.02. The molecule has 1 aromatic heterocycles. The Hall–Kier alpha value is -2.73. The summed E-state index contributed by atoms with van der Waals surface area (Å²) < 4.78 is 13.2. The Balaban J connectivity index is 1.83. The second-order valence-electron chi connectivity index (χ2n) is 5.51. The predicted molar refractivity (Wildman–Crippen MR) is 98.4 cm³/mol. The molecule has 0 saturated carbocycles. The second kappa shape index (κ2) is 7.44. The fourth-order valence-electron chi connectivity index (χ4n) is 2.45. The van der Waals surface area contributed by atoms with Gasteiger partial charge in [0, 0.05) is 11.4 Å². The van der Waals surface area contributed by atoms with Crippen molar-refractivity contribution in [3.63, 3.8) is 0 Å². The molecule has 3 rings (SSSR count). The van der Waals surface area contributed by atoms with Crippen molar-refractivity contribution in [3.8, 4) is 0 Å². The van der Waals surface area contributed by atoms with Crippen molar-refractivity contribution in [1.29, 1.82) is 0 Å². The fraction of sp³-hybridized carbons (Fsp3) is 0.167. The van der Waals surface area contributed by atoms with Gasteiger partial charge in [0.15, 0.2) is 5.82 Å². The van der Waals surface area contributed by atoms with Gasteiger partial charge in [0.2, 0.25) is 5.95 Å². The molecule has 0 atom stereocenters. The number of aromatic nitrogens is 3. The minimum absolute atomic E-state index is 0.0397. The first-order valence-corrected chi connectivity index (χ1v) is 8.22. The van der Waals surface area contributed by atoms with Gasteiger partial charge in [0.05, 0.1) is 11.2 Å². The Morgan fingerprint density at radius 1 is 1.16 bits per heavy atom. The summed E-state index contributed by atoms with van der Waals surface area (Å²) in [6.07, 6.45) is 2.38. The van der Waals surface area contributed by atoms with Gasteiger partial charge in [-0.3, -0.25) is 0 Å². The Labute approximate surface area is 150 Å². The Morgan fingerprint density at radius 3 is 2.76 bits per heavy atom. The molecule has 5 nitrogen and oxygen atoms in total. The molecule has 0 aliphatic carbocycles. The third-order valence-electron chi connectivity index (χ3n) is 3.73. The van der Waals surface area contributed by atoms with E-state index in [0.717, 1.165) is 17.7 Å². The van der Waals surface area contributed by atoms with Gasteiger partial charge in [0.25, 0.3) is 0 Å². The third kappa shape index (κ3) is 4.03. The minimum Gasteiger partial charge on any atom is -0.339 e.